The second-order valence-corrected chi connectivity index (χ2v) is 5.69. The molecule has 1 aromatic carbocycles. The minimum absolute atomic E-state index is 0.155. The molecule has 0 amide bonds. The minimum Gasteiger partial charge on any atom is -0.458 e. The van der Waals surface area contributed by atoms with E-state index in [1.807, 2.05) is 26.0 Å². The average molecular weight is 283 g/mol. The Labute approximate surface area is 126 Å². The zero-order chi connectivity index (χ0) is 15.2. The van der Waals surface area contributed by atoms with Gasteiger partial charge in [-0.1, -0.05) is 30.2 Å². The molecular formula is C18H21NO2. The van der Waals surface area contributed by atoms with Crippen LogP contribution < -0.4 is 0 Å². The summed E-state index contributed by atoms with van der Waals surface area (Å²) in [6, 6.07) is 8.34. The maximum absolute atomic E-state index is 11.9. The van der Waals surface area contributed by atoms with Crippen molar-refractivity contribution in [3.8, 4) is 6.07 Å². The number of nitriles is 1. The van der Waals surface area contributed by atoms with Gasteiger partial charge in [-0.2, -0.15) is 5.26 Å². The van der Waals surface area contributed by atoms with Gasteiger partial charge in [0.1, 0.15) is 6.10 Å². The SMILES string of the molecule is Cc1ccc(/C=C/C(=O)OC2CCCCC2C#N)c(C)c1. The lowest BCUT2D eigenvalue weighted by Crippen LogP contribution is -2.28. The van der Waals surface area contributed by atoms with Gasteiger partial charge in [0.15, 0.2) is 0 Å². The number of aryl methyl sites for hydroxylation is 2. The Morgan fingerprint density at radius 1 is 1.33 bits per heavy atom. The van der Waals surface area contributed by atoms with Crippen LogP contribution in [0.5, 0.6) is 0 Å². The third-order valence-electron chi connectivity index (χ3n) is 3.96. The van der Waals surface area contributed by atoms with Crippen LogP contribution in [0, 0.1) is 31.1 Å². The Bertz CT molecular complexity index is 583. The van der Waals surface area contributed by atoms with Gasteiger partial charge in [0.25, 0.3) is 0 Å². The van der Waals surface area contributed by atoms with E-state index in [0.717, 1.165) is 36.8 Å². The van der Waals surface area contributed by atoms with Crippen LogP contribution in [0.25, 0.3) is 6.08 Å². The highest BCUT2D eigenvalue weighted by Gasteiger charge is 2.27. The maximum Gasteiger partial charge on any atom is 0.331 e. The van der Waals surface area contributed by atoms with Crippen molar-refractivity contribution < 1.29 is 9.53 Å². The Kier molecular flexibility index (Phi) is 5.16. The Morgan fingerprint density at radius 3 is 2.81 bits per heavy atom. The van der Waals surface area contributed by atoms with Crippen molar-refractivity contribution in [1.82, 2.24) is 0 Å². The molecule has 1 aliphatic rings. The Morgan fingerprint density at radius 2 is 2.10 bits per heavy atom. The Balaban J connectivity index is 1.97. The Hall–Kier alpha value is -2.08. The fraction of sp³-hybridized carbons (Fsp3) is 0.444. The van der Waals surface area contributed by atoms with Crippen molar-refractivity contribution in [1.29, 1.82) is 5.26 Å². The molecule has 1 aromatic rings. The number of hydrogen-bond donors (Lipinski definition) is 0. The van der Waals surface area contributed by atoms with Crippen molar-refractivity contribution in [3.05, 3.63) is 41.0 Å². The number of rotatable bonds is 3. The summed E-state index contributed by atoms with van der Waals surface area (Å²) in [4.78, 5) is 11.9. The second-order valence-electron chi connectivity index (χ2n) is 5.69. The van der Waals surface area contributed by atoms with Crippen LogP contribution >= 0.6 is 0 Å². The molecule has 1 saturated carbocycles. The lowest BCUT2D eigenvalue weighted by atomic mass is 9.87. The molecule has 3 heteroatoms. The minimum atomic E-state index is -0.359. The van der Waals surface area contributed by atoms with Gasteiger partial charge in [-0.15, -0.1) is 0 Å². The summed E-state index contributed by atoms with van der Waals surface area (Å²) in [6.45, 7) is 4.06. The first-order valence-electron chi connectivity index (χ1n) is 7.45. The van der Waals surface area contributed by atoms with Crippen LogP contribution in [0.15, 0.2) is 24.3 Å². The lowest BCUT2D eigenvalue weighted by molar-refractivity contribution is -0.146. The second kappa shape index (κ2) is 7.08. The molecule has 0 bridgehead atoms. The van der Waals surface area contributed by atoms with Crippen LogP contribution in [-0.2, 0) is 9.53 Å². The van der Waals surface area contributed by atoms with E-state index in [1.165, 1.54) is 11.6 Å². The van der Waals surface area contributed by atoms with Crippen LogP contribution in [0.2, 0.25) is 0 Å². The van der Waals surface area contributed by atoms with Crippen molar-refractivity contribution in [2.24, 2.45) is 5.92 Å². The van der Waals surface area contributed by atoms with Gasteiger partial charge in [-0.3, -0.25) is 0 Å². The van der Waals surface area contributed by atoms with E-state index >= 15 is 0 Å². The summed E-state index contributed by atoms with van der Waals surface area (Å²) in [5.74, 6) is -0.515. The molecule has 0 aromatic heterocycles. The first-order valence-corrected chi connectivity index (χ1v) is 7.45. The van der Waals surface area contributed by atoms with E-state index in [4.69, 9.17) is 10.00 Å². The predicted molar refractivity (Wildman–Crippen MR) is 82.4 cm³/mol. The molecule has 3 nitrogen and oxygen atoms in total. The highest BCUT2D eigenvalue weighted by atomic mass is 16.5. The summed E-state index contributed by atoms with van der Waals surface area (Å²) < 4.78 is 5.43. The third-order valence-corrected chi connectivity index (χ3v) is 3.96. The molecule has 1 fully saturated rings. The first-order chi connectivity index (χ1) is 10.1. The standard InChI is InChI=1S/C18H21NO2/c1-13-7-8-15(14(2)11-13)9-10-18(20)21-17-6-4-3-5-16(17)12-19/h7-11,16-17H,3-6H2,1-2H3/b10-9+. The molecule has 21 heavy (non-hydrogen) atoms. The van der Waals surface area contributed by atoms with Gasteiger partial charge in [-0.25, -0.2) is 4.79 Å². The summed E-state index contributed by atoms with van der Waals surface area (Å²) in [6.07, 6.45) is 6.68. The van der Waals surface area contributed by atoms with Gasteiger partial charge in [0, 0.05) is 6.08 Å². The highest BCUT2D eigenvalue weighted by molar-refractivity contribution is 5.87. The number of benzene rings is 1. The topological polar surface area (TPSA) is 50.1 Å². The average Bonchev–Trinajstić information content (AvgIpc) is 2.47. The summed E-state index contributed by atoms with van der Waals surface area (Å²) in [7, 11) is 0. The molecule has 1 aliphatic carbocycles. The summed E-state index contributed by atoms with van der Waals surface area (Å²) in [5, 5.41) is 9.09. The quantitative estimate of drug-likeness (QED) is 0.623. The molecule has 0 spiro atoms. The summed E-state index contributed by atoms with van der Waals surface area (Å²) >= 11 is 0. The highest BCUT2D eigenvalue weighted by Crippen LogP contribution is 2.26. The maximum atomic E-state index is 11.9. The fourth-order valence-corrected chi connectivity index (χ4v) is 2.74. The normalized spacial score (nSPS) is 22.0. The molecular weight excluding hydrogens is 262 g/mol. The van der Waals surface area contributed by atoms with Crippen LogP contribution in [0.1, 0.15) is 42.4 Å². The third kappa shape index (κ3) is 4.19. The first kappa shape index (κ1) is 15.3. The van der Waals surface area contributed by atoms with Crippen molar-refractivity contribution >= 4 is 12.0 Å². The van der Waals surface area contributed by atoms with E-state index < -0.39 is 0 Å². The number of esters is 1. The van der Waals surface area contributed by atoms with E-state index in [9.17, 15) is 4.79 Å². The molecule has 0 saturated heterocycles. The number of carbonyl (C=O) groups is 1. The number of carbonyl (C=O) groups excluding carboxylic acids is 1. The number of nitrogens with zero attached hydrogens (tertiary/aromatic N) is 1. The molecule has 2 unspecified atom stereocenters. The van der Waals surface area contributed by atoms with E-state index in [2.05, 4.69) is 12.1 Å². The van der Waals surface area contributed by atoms with Crippen molar-refractivity contribution in [3.63, 3.8) is 0 Å². The fourth-order valence-electron chi connectivity index (χ4n) is 2.74. The molecule has 0 radical (unpaired) electrons. The smallest absolute Gasteiger partial charge is 0.331 e. The molecule has 0 heterocycles. The van der Waals surface area contributed by atoms with Crippen molar-refractivity contribution in [2.75, 3.05) is 0 Å². The van der Waals surface area contributed by atoms with Gasteiger partial charge in [0.05, 0.1) is 12.0 Å². The van der Waals surface area contributed by atoms with Gasteiger partial charge in [-0.05, 0) is 50.3 Å². The molecule has 2 rings (SSSR count). The molecule has 110 valence electrons. The monoisotopic (exact) mass is 283 g/mol. The summed E-state index contributed by atoms with van der Waals surface area (Å²) in [5.41, 5.74) is 3.34. The van der Waals surface area contributed by atoms with Crippen LogP contribution in [0.3, 0.4) is 0 Å². The number of ether oxygens (including phenoxy) is 1. The van der Waals surface area contributed by atoms with E-state index in [-0.39, 0.29) is 18.0 Å². The van der Waals surface area contributed by atoms with Crippen LogP contribution in [0.4, 0.5) is 0 Å². The van der Waals surface area contributed by atoms with Crippen LogP contribution in [-0.4, -0.2) is 12.1 Å². The van der Waals surface area contributed by atoms with Gasteiger partial charge >= 0.3 is 5.97 Å². The van der Waals surface area contributed by atoms with Crippen molar-refractivity contribution in [2.45, 2.75) is 45.6 Å². The van der Waals surface area contributed by atoms with E-state index in [0.29, 0.717) is 0 Å². The molecule has 0 N–H and O–H groups in total. The van der Waals surface area contributed by atoms with Gasteiger partial charge in [0.2, 0.25) is 0 Å². The molecule has 2 atom stereocenters. The van der Waals surface area contributed by atoms with E-state index in [1.54, 1.807) is 6.08 Å². The lowest BCUT2D eigenvalue weighted by Gasteiger charge is -2.25. The molecule has 0 aliphatic heterocycles. The predicted octanol–water partition coefficient (Wildman–Crippen LogP) is 3.94. The largest absolute Gasteiger partial charge is 0.458 e. The zero-order valence-corrected chi connectivity index (χ0v) is 12.6. The zero-order valence-electron chi connectivity index (χ0n) is 12.6. The van der Waals surface area contributed by atoms with Gasteiger partial charge < -0.3 is 4.74 Å². The number of hydrogen-bond acceptors (Lipinski definition) is 3.